The zero-order chi connectivity index (χ0) is 42.0. The van der Waals surface area contributed by atoms with Crippen molar-refractivity contribution in [3.05, 3.63) is 46.2 Å². The van der Waals surface area contributed by atoms with E-state index < -0.39 is 55.1 Å². The van der Waals surface area contributed by atoms with Crippen molar-refractivity contribution < 1.29 is 22.4 Å². The van der Waals surface area contributed by atoms with Crippen LogP contribution in [-0.2, 0) is 18.0 Å². The van der Waals surface area contributed by atoms with Crippen molar-refractivity contribution in [2.45, 2.75) is 155 Å². The molecule has 1 saturated heterocycles. The van der Waals surface area contributed by atoms with Gasteiger partial charge in [0.2, 0.25) is 0 Å². The Morgan fingerprint density at radius 2 is 1.39 bits per heavy atom. The molecule has 0 saturated carbocycles. The number of benzene rings is 1. The smallest absolute Gasteiger partial charge is 0.347 e. The van der Waals surface area contributed by atoms with Crippen LogP contribution < -0.4 is 10.5 Å². The van der Waals surface area contributed by atoms with Crippen LogP contribution >= 0.6 is 11.6 Å². The first-order chi connectivity index (χ1) is 25.6. The largest absolute Gasteiger partial charge is 0.422 e. The van der Waals surface area contributed by atoms with Crippen LogP contribution in [0, 0.1) is 0 Å². The number of hydrogen-bond donors (Lipinski definition) is 0. The Labute approximate surface area is 342 Å². The molecule has 3 aromatic heterocycles. The number of ether oxygens (including phenoxy) is 1. The predicted molar refractivity (Wildman–Crippen MR) is 237 cm³/mol. The first-order valence-electron chi connectivity index (χ1n) is 20.0. The van der Waals surface area contributed by atoms with Crippen LogP contribution in [0.2, 0.25) is 59.5 Å². The third-order valence-electron chi connectivity index (χ3n) is 12.9. The lowest BCUT2D eigenvalue weighted by atomic mass is 10.1. The molecule has 1 fully saturated rings. The Bertz CT molecular complexity index is 2100. The van der Waals surface area contributed by atoms with Gasteiger partial charge in [0.05, 0.1) is 12.9 Å². The third-order valence-corrected chi connectivity index (χ3v) is 26.6. The van der Waals surface area contributed by atoms with Gasteiger partial charge in [-0.25, -0.2) is 19.7 Å². The molecular weight excluding hydrogens is 778 g/mol. The number of fused-ring (bicyclic) bond motifs is 2. The second-order valence-electron chi connectivity index (χ2n) is 19.8. The van der Waals surface area contributed by atoms with Gasteiger partial charge in [-0.05, 0) is 86.4 Å². The molecule has 1 aliphatic rings. The fourth-order valence-corrected chi connectivity index (χ4v) is 9.94. The summed E-state index contributed by atoms with van der Waals surface area (Å²) in [5.74, 6) is 0.138. The number of rotatable bonds is 12. The first-order valence-corrected chi connectivity index (χ1v) is 29.1. The highest BCUT2D eigenvalue weighted by Crippen LogP contribution is 2.47. The highest BCUT2D eigenvalue weighted by Gasteiger charge is 2.55. The number of aromatic nitrogens is 4. The maximum atomic E-state index is 13.6. The highest BCUT2D eigenvalue weighted by atomic mass is 35.5. The van der Waals surface area contributed by atoms with Crippen molar-refractivity contribution in [3.63, 3.8) is 0 Å². The van der Waals surface area contributed by atoms with Gasteiger partial charge in [0.25, 0.3) is 0 Å². The number of hydrogen-bond acceptors (Lipinski definition) is 10. The summed E-state index contributed by atoms with van der Waals surface area (Å²) in [6.45, 7) is 39.9. The molecule has 310 valence electrons. The van der Waals surface area contributed by atoms with Gasteiger partial charge in [0.15, 0.2) is 47.8 Å². The molecule has 4 atom stereocenters. The Balaban J connectivity index is 1.66. The van der Waals surface area contributed by atoms with E-state index in [4.69, 9.17) is 44.0 Å². The minimum Gasteiger partial charge on any atom is -0.422 e. The topological polar surface area (TPSA) is 114 Å². The molecule has 4 aromatic rings. The molecule has 5 rings (SSSR count). The van der Waals surface area contributed by atoms with E-state index >= 15 is 0 Å². The zero-order valence-corrected chi connectivity index (χ0v) is 40.6. The van der Waals surface area contributed by atoms with Gasteiger partial charge in [-0.3, -0.25) is 4.57 Å². The van der Waals surface area contributed by atoms with Gasteiger partial charge in [-0.15, -0.1) is 0 Å². The first kappa shape index (κ1) is 44.7. The minimum atomic E-state index is -2.42. The van der Waals surface area contributed by atoms with E-state index in [1.165, 1.54) is 0 Å². The molecule has 0 radical (unpaired) electrons. The van der Waals surface area contributed by atoms with E-state index in [1.807, 2.05) is 22.8 Å². The van der Waals surface area contributed by atoms with Crippen LogP contribution in [0.1, 0.15) is 82.4 Å². The van der Waals surface area contributed by atoms with Crippen LogP contribution in [0.25, 0.3) is 33.5 Å². The number of halogens is 1. The monoisotopic (exact) mass is 843 g/mol. The minimum absolute atomic E-state index is 0.00553. The van der Waals surface area contributed by atoms with Crippen LogP contribution in [-0.4, -0.2) is 82.5 Å². The molecule has 0 aliphatic carbocycles. The molecule has 1 aromatic carbocycles. The predicted octanol–water partition coefficient (Wildman–Crippen LogP) is 10.8. The van der Waals surface area contributed by atoms with Gasteiger partial charge in [-0.2, -0.15) is 0 Å². The maximum Gasteiger partial charge on any atom is 0.347 e. The molecule has 11 nitrogen and oxygen atoms in total. The Hall–Kier alpha value is -2.44. The van der Waals surface area contributed by atoms with E-state index in [-0.39, 0.29) is 31.7 Å². The van der Waals surface area contributed by atoms with Crippen molar-refractivity contribution in [1.29, 1.82) is 0 Å². The van der Waals surface area contributed by atoms with Crippen LogP contribution in [0.3, 0.4) is 0 Å². The summed E-state index contributed by atoms with van der Waals surface area (Å²) >= 11 is 6.87. The van der Waals surface area contributed by atoms with E-state index in [1.54, 1.807) is 12.4 Å². The molecule has 0 N–H and O–H groups in total. The standard InChI is InChI=1S/C41H66ClN5O6Si3/c1-18-46(19-2)27-21-20-26-22-28(38(48)51-29(26)23-27)35-44-34(42)31-36(45-35)47(25-43-31)37-33(53-56(16,17)41(9,10)11)32(52-55(14,15)40(6,7)8)30(50-37)24-49-54(12,13)39(3,4)5/h20-23,25,30,32-33,37H,18-19,24H2,1-17H3/t30-,32-,33-,37-/m1/s1. The maximum absolute atomic E-state index is 13.6. The van der Waals surface area contributed by atoms with Gasteiger partial charge in [0.1, 0.15) is 35.0 Å². The summed E-state index contributed by atoms with van der Waals surface area (Å²) in [6.07, 6.45) is -0.427. The number of nitrogens with zero attached hydrogens (tertiary/aromatic N) is 5. The summed E-state index contributed by atoms with van der Waals surface area (Å²) < 4.78 is 36.5. The van der Waals surface area contributed by atoms with Crippen LogP contribution in [0.15, 0.2) is 39.8 Å². The molecule has 4 heterocycles. The summed E-state index contributed by atoms with van der Waals surface area (Å²) in [7, 11) is -6.97. The summed E-state index contributed by atoms with van der Waals surface area (Å²) in [4.78, 5) is 30.0. The van der Waals surface area contributed by atoms with Crippen molar-refractivity contribution in [3.8, 4) is 11.4 Å². The second-order valence-corrected chi connectivity index (χ2v) is 34.5. The van der Waals surface area contributed by atoms with Crippen LogP contribution in [0.4, 0.5) is 5.69 Å². The second kappa shape index (κ2) is 15.6. The van der Waals surface area contributed by atoms with Crippen LogP contribution in [0.5, 0.6) is 0 Å². The number of anilines is 1. The Morgan fingerprint density at radius 1 is 0.821 bits per heavy atom. The van der Waals surface area contributed by atoms with Gasteiger partial charge < -0.3 is 27.3 Å². The Morgan fingerprint density at radius 3 is 1.95 bits per heavy atom. The quantitative estimate of drug-likeness (QED) is 0.0776. The molecular formula is C41H66ClN5O6Si3. The van der Waals surface area contributed by atoms with Gasteiger partial charge >= 0.3 is 5.63 Å². The highest BCUT2D eigenvalue weighted by molar-refractivity contribution is 6.75. The lowest BCUT2D eigenvalue weighted by Crippen LogP contribution is -2.54. The van der Waals surface area contributed by atoms with Crippen molar-refractivity contribution >= 4 is 64.4 Å². The lowest BCUT2D eigenvalue weighted by molar-refractivity contribution is -0.0470. The SMILES string of the molecule is CCN(CC)c1ccc2cc(-c3nc(Cl)c4ncn([C@@H]5O[C@H](CO[Si](C)(C)C(C)(C)C)[C@@H](O[Si](C)(C)C(C)(C)C)[C@H]5O[Si](C)(C)C(C)(C)C)c4n3)c(=O)oc2c1. The molecule has 0 amide bonds. The molecule has 0 unspecified atom stereocenters. The fraction of sp³-hybridized carbons (Fsp3) is 0.659. The normalized spacial score (nSPS) is 20.4. The van der Waals surface area contributed by atoms with E-state index in [0.717, 1.165) is 24.2 Å². The molecule has 1 aliphatic heterocycles. The average Bonchev–Trinajstić information content (AvgIpc) is 3.63. The molecule has 56 heavy (non-hydrogen) atoms. The molecule has 15 heteroatoms. The number of imidazole rings is 1. The fourth-order valence-electron chi connectivity index (χ4n) is 6.10. The summed E-state index contributed by atoms with van der Waals surface area (Å²) in [5.41, 5.74) is 1.93. The third kappa shape index (κ3) is 8.77. The summed E-state index contributed by atoms with van der Waals surface area (Å²) in [5, 5.41) is 0.711. The van der Waals surface area contributed by atoms with E-state index in [2.05, 4.69) is 125 Å². The Kier molecular flexibility index (Phi) is 12.5. The van der Waals surface area contributed by atoms with E-state index in [0.29, 0.717) is 23.4 Å². The molecule has 0 spiro atoms. The van der Waals surface area contributed by atoms with Crippen molar-refractivity contribution in [2.24, 2.45) is 0 Å². The average molecular weight is 845 g/mol. The summed E-state index contributed by atoms with van der Waals surface area (Å²) in [6, 6.07) is 7.63. The van der Waals surface area contributed by atoms with Gasteiger partial charge in [-0.1, -0.05) is 73.9 Å². The molecule has 0 bridgehead atoms. The zero-order valence-electron chi connectivity index (χ0n) is 36.9. The van der Waals surface area contributed by atoms with Gasteiger partial charge in [0, 0.05) is 30.2 Å². The lowest BCUT2D eigenvalue weighted by Gasteiger charge is -2.44. The van der Waals surface area contributed by atoms with E-state index in [9.17, 15) is 4.79 Å². The van der Waals surface area contributed by atoms with Crippen molar-refractivity contribution in [2.75, 3.05) is 24.6 Å². The van der Waals surface area contributed by atoms with Crippen molar-refractivity contribution in [1.82, 2.24) is 19.5 Å².